The Bertz CT molecular complexity index is 329. The molecule has 1 aliphatic rings. The van der Waals surface area contributed by atoms with E-state index in [9.17, 15) is 4.39 Å². The van der Waals surface area contributed by atoms with Gasteiger partial charge in [0.15, 0.2) is 0 Å². The molecule has 0 radical (unpaired) electrons. The molecule has 1 aliphatic carbocycles. The van der Waals surface area contributed by atoms with Gasteiger partial charge in [-0.2, -0.15) is 0 Å². The van der Waals surface area contributed by atoms with Crippen LogP contribution in [0.4, 0.5) is 4.39 Å². The van der Waals surface area contributed by atoms with Gasteiger partial charge in [-0.05, 0) is 30.5 Å². The predicted octanol–water partition coefficient (Wildman–Crippen LogP) is 2.84. The summed E-state index contributed by atoms with van der Waals surface area (Å²) in [5.74, 6) is 0.205. The van der Waals surface area contributed by atoms with Crippen LogP contribution in [0.25, 0.3) is 0 Å². The Morgan fingerprint density at radius 1 is 1.57 bits per heavy atom. The summed E-state index contributed by atoms with van der Waals surface area (Å²) < 4.78 is 12.9. The van der Waals surface area contributed by atoms with Crippen molar-refractivity contribution in [3.63, 3.8) is 0 Å². The van der Waals surface area contributed by atoms with E-state index >= 15 is 0 Å². The van der Waals surface area contributed by atoms with Crippen molar-refractivity contribution < 1.29 is 4.39 Å². The van der Waals surface area contributed by atoms with Crippen molar-refractivity contribution >= 4 is 12.4 Å². The molecule has 1 saturated carbocycles. The molecule has 1 nitrogen and oxygen atoms in total. The van der Waals surface area contributed by atoms with Gasteiger partial charge in [-0.15, -0.1) is 12.4 Å². The maximum Gasteiger partial charge on any atom is 0.123 e. The summed E-state index contributed by atoms with van der Waals surface area (Å²) in [4.78, 5) is 0. The van der Waals surface area contributed by atoms with Gasteiger partial charge in [0.25, 0.3) is 0 Å². The number of benzene rings is 1. The zero-order valence-corrected chi connectivity index (χ0v) is 8.98. The van der Waals surface area contributed by atoms with Crippen LogP contribution in [0, 0.1) is 5.82 Å². The molecule has 78 valence electrons. The molecule has 1 aromatic carbocycles. The maximum atomic E-state index is 12.9. The molecule has 1 fully saturated rings. The fourth-order valence-electron chi connectivity index (χ4n) is 1.88. The van der Waals surface area contributed by atoms with Crippen LogP contribution in [-0.2, 0) is 0 Å². The van der Waals surface area contributed by atoms with Gasteiger partial charge >= 0.3 is 0 Å². The van der Waals surface area contributed by atoms with Crippen molar-refractivity contribution in [1.29, 1.82) is 0 Å². The van der Waals surface area contributed by atoms with Crippen LogP contribution in [0.5, 0.6) is 0 Å². The number of halogens is 2. The zero-order chi connectivity index (χ0) is 9.47. The van der Waals surface area contributed by atoms with E-state index in [1.807, 2.05) is 6.07 Å². The van der Waals surface area contributed by atoms with Crippen LogP contribution in [0.1, 0.15) is 31.2 Å². The summed E-state index contributed by atoms with van der Waals surface area (Å²) in [5.41, 5.74) is 7.03. The van der Waals surface area contributed by atoms with Crippen molar-refractivity contribution in [2.45, 2.75) is 31.2 Å². The standard InChI is InChI=1S/C11H14FN.ClH/c1-2-11(13)7-10(11)8-4-3-5-9(12)6-8;/h3-6,10H,2,7,13H2,1H3;1H/t10-,11-;/m1./s1. The molecule has 0 heterocycles. The summed E-state index contributed by atoms with van der Waals surface area (Å²) in [6.07, 6.45) is 1.96. The molecule has 0 aliphatic heterocycles. The number of hydrogen-bond donors (Lipinski definition) is 1. The smallest absolute Gasteiger partial charge is 0.123 e. The molecular weight excluding hydrogens is 201 g/mol. The third kappa shape index (κ3) is 1.91. The van der Waals surface area contributed by atoms with Gasteiger partial charge in [0.05, 0.1) is 0 Å². The summed E-state index contributed by atoms with van der Waals surface area (Å²) in [6.45, 7) is 2.08. The van der Waals surface area contributed by atoms with Crippen LogP contribution in [0.2, 0.25) is 0 Å². The van der Waals surface area contributed by atoms with Gasteiger partial charge in [0.1, 0.15) is 5.82 Å². The minimum atomic E-state index is -0.164. The molecule has 0 spiro atoms. The Kier molecular flexibility index (Phi) is 3.17. The highest BCUT2D eigenvalue weighted by molar-refractivity contribution is 5.85. The van der Waals surface area contributed by atoms with Crippen LogP contribution < -0.4 is 5.73 Å². The highest BCUT2D eigenvalue weighted by Crippen LogP contribution is 2.51. The second-order valence-corrected chi connectivity index (χ2v) is 3.90. The molecule has 2 atom stereocenters. The lowest BCUT2D eigenvalue weighted by Gasteiger charge is -2.07. The topological polar surface area (TPSA) is 26.0 Å². The molecule has 14 heavy (non-hydrogen) atoms. The van der Waals surface area contributed by atoms with Crippen LogP contribution in [0.3, 0.4) is 0 Å². The molecule has 0 bridgehead atoms. The van der Waals surface area contributed by atoms with E-state index in [1.165, 1.54) is 6.07 Å². The average Bonchev–Trinajstić information content (AvgIpc) is 2.79. The minimum Gasteiger partial charge on any atom is -0.325 e. The molecular formula is C11H15ClFN. The highest BCUT2D eigenvalue weighted by atomic mass is 35.5. The lowest BCUT2D eigenvalue weighted by molar-refractivity contribution is 0.612. The fourth-order valence-corrected chi connectivity index (χ4v) is 1.88. The first-order chi connectivity index (χ1) is 6.15. The second kappa shape index (κ2) is 3.87. The van der Waals surface area contributed by atoms with Crippen molar-refractivity contribution in [1.82, 2.24) is 0 Å². The largest absolute Gasteiger partial charge is 0.325 e. The van der Waals surface area contributed by atoms with Gasteiger partial charge in [-0.25, -0.2) is 4.39 Å². The van der Waals surface area contributed by atoms with E-state index in [0.29, 0.717) is 5.92 Å². The molecule has 0 saturated heterocycles. The molecule has 2 N–H and O–H groups in total. The Labute approximate surface area is 89.9 Å². The average molecular weight is 216 g/mol. The molecule has 0 amide bonds. The van der Waals surface area contributed by atoms with Crippen molar-refractivity contribution in [3.8, 4) is 0 Å². The number of nitrogens with two attached hydrogens (primary N) is 1. The summed E-state index contributed by atoms with van der Waals surface area (Å²) in [7, 11) is 0. The second-order valence-electron chi connectivity index (χ2n) is 3.90. The van der Waals surface area contributed by atoms with Crippen LogP contribution >= 0.6 is 12.4 Å². The van der Waals surface area contributed by atoms with Gasteiger partial charge < -0.3 is 5.73 Å². The SMILES string of the molecule is CC[C@@]1(N)C[C@@H]1c1cccc(F)c1.Cl. The van der Waals surface area contributed by atoms with Gasteiger partial charge in [0, 0.05) is 11.5 Å². The minimum absolute atomic E-state index is 0. The number of rotatable bonds is 2. The molecule has 3 heteroatoms. The third-order valence-electron chi connectivity index (χ3n) is 3.03. The lowest BCUT2D eigenvalue weighted by atomic mass is 10.1. The zero-order valence-electron chi connectivity index (χ0n) is 8.16. The van der Waals surface area contributed by atoms with Gasteiger partial charge in [-0.1, -0.05) is 19.1 Å². The van der Waals surface area contributed by atoms with Crippen LogP contribution in [-0.4, -0.2) is 5.54 Å². The lowest BCUT2D eigenvalue weighted by Crippen LogP contribution is -2.22. The van der Waals surface area contributed by atoms with Gasteiger partial charge in [0.2, 0.25) is 0 Å². The predicted molar refractivity (Wildman–Crippen MR) is 58.2 cm³/mol. The van der Waals surface area contributed by atoms with Crippen molar-refractivity contribution in [2.75, 3.05) is 0 Å². The number of hydrogen-bond acceptors (Lipinski definition) is 1. The Morgan fingerprint density at radius 3 is 2.79 bits per heavy atom. The monoisotopic (exact) mass is 215 g/mol. The van der Waals surface area contributed by atoms with Crippen LogP contribution in [0.15, 0.2) is 24.3 Å². The Balaban J connectivity index is 0.000000980. The third-order valence-corrected chi connectivity index (χ3v) is 3.03. The van der Waals surface area contributed by atoms with Gasteiger partial charge in [-0.3, -0.25) is 0 Å². The van der Waals surface area contributed by atoms with E-state index in [1.54, 1.807) is 12.1 Å². The first-order valence-corrected chi connectivity index (χ1v) is 4.70. The van der Waals surface area contributed by atoms with Crippen molar-refractivity contribution in [3.05, 3.63) is 35.6 Å². The Hall–Kier alpha value is -0.600. The maximum absolute atomic E-state index is 12.9. The van der Waals surface area contributed by atoms with E-state index in [4.69, 9.17) is 5.73 Å². The van der Waals surface area contributed by atoms with E-state index in [-0.39, 0.29) is 23.8 Å². The summed E-state index contributed by atoms with van der Waals surface area (Å²) >= 11 is 0. The first-order valence-electron chi connectivity index (χ1n) is 4.70. The normalized spacial score (nSPS) is 29.5. The molecule has 1 aromatic rings. The molecule has 0 aromatic heterocycles. The van der Waals surface area contributed by atoms with E-state index in [2.05, 4.69) is 6.92 Å². The highest BCUT2D eigenvalue weighted by Gasteiger charge is 2.49. The molecule has 2 rings (SSSR count). The quantitative estimate of drug-likeness (QED) is 0.807. The Morgan fingerprint density at radius 2 is 2.29 bits per heavy atom. The van der Waals surface area contributed by atoms with E-state index in [0.717, 1.165) is 18.4 Å². The fraction of sp³-hybridized carbons (Fsp3) is 0.455. The van der Waals surface area contributed by atoms with Crippen molar-refractivity contribution in [2.24, 2.45) is 5.73 Å². The summed E-state index contributed by atoms with van der Waals surface area (Å²) in [5, 5.41) is 0. The summed E-state index contributed by atoms with van der Waals surface area (Å²) in [6, 6.07) is 6.77. The first kappa shape index (κ1) is 11.5. The van der Waals surface area contributed by atoms with E-state index < -0.39 is 0 Å². The molecule has 0 unspecified atom stereocenters.